The van der Waals surface area contributed by atoms with Gasteiger partial charge in [-0.3, -0.25) is 14.5 Å². The number of methoxy groups -OCH3 is 2. The van der Waals surface area contributed by atoms with Crippen LogP contribution in [0.4, 0.5) is 5.69 Å². The van der Waals surface area contributed by atoms with Crippen LogP contribution in [-0.2, 0) is 9.59 Å². The molecule has 1 aliphatic rings. The molecule has 0 radical (unpaired) electrons. The van der Waals surface area contributed by atoms with Crippen molar-refractivity contribution in [2.24, 2.45) is 11.3 Å². The third-order valence-corrected chi connectivity index (χ3v) is 7.45. The number of hydrogen-bond donors (Lipinski definition) is 0. The molecule has 4 rings (SSSR count). The summed E-state index contributed by atoms with van der Waals surface area (Å²) in [6.07, 6.45) is 3.36. The minimum absolute atomic E-state index is 0.00396. The molecule has 1 aliphatic heterocycles. The highest BCUT2D eigenvalue weighted by atomic mass is 16.5. The molecule has 2 aromatic carbocycles. The predicted octanol–water partition coefficient (Wildman–Crippen LogP) is 6.63. The monoisotopic (exact) mass is 545 g/mol. The van der Waals surface area contributed by atoms with Gasteiger partial charge in [0, 0.05) is 24.2 Å². The molecule has 0 N–H and O–H groups in total. The minimum atomic E-state index is -0.480. The van der Waals surface area contributed by atoms with E-state index >= 15 is 0 Å². The van der Waals surface area contributed by atoms with Gasteiger partial charge in [0.15, 0.2) is 0 Å². The summed E-state index contributed by atoms with van der Waals surface area (Å²) in [7, 11) is 3.26. The maximum atomic E-state index is 14.4. The van der Waals surface area contributed by atoms with Gasteiger partial charge in [-0.2, -0.15) is 0 Å². The first-order valence-corrected chi connectivity index (χ1v) is 14.0. The number of benzene rings is 2. The summed E-state index contributed by atoms with van der Waals surface area (Å²) in [5, 5.41) is 0. The van der Waals surface area contributed by atoms with E-state index in [2.05, 4.69) is 32.3 Å². The predicted molar refractivity (Wildman–Crippen MR) is 159 cm³/mol. The maximum absolute atomic E-state index is 14.4. The quantitative estimate of drug-likeness (QED) is 0.303. The number of carbonyl (C=O) groups is 2. The average molecular weight is 546 g/mol. The number of fused-ring (bicyclic) bond motifs is 3. The Morgan fingerprint density at radius 3 is 2.27 bits per heavy atom. The van der Waals surface area contributed by atoms with Crippen molar-refractivity contribution in [3.8, 4) is 17.2 Å². The molecule has 0 spiro atoms. The van der Waals surface area contributed by atoms with Crippen LogP contribution < -0.4 is 14.4 Å². The van der Waals surface area contributed by atoms with Crippen LogP contribution in [0.25, 0.3) is 5.69 Å². The van der Waals surface area contributed by atoms with E-state index in [1.807, 2.05) is 79.5 Å². The number of carbonyl (C=O) groups excluding carboxylic acids is 2. The van der Waals surface area contributed by atoms with E-state index in [0.29, 0.717) is 17.9 Å². The lowest BCUT2D eigenvalue weighted by atomic mass is 9.84. The lowest BCUT2D eigenvalue weighted by molar-refractivity contribution is -0.138. The third kappa shape index (κ3) is 6.03. The van der Waals surface area contributed by atoms with Crippen molar-refractivity contribution in [1.82, 2.24) is 9.47 Å². The summed E-state index contributed by atoms with van der Waals surface area (Å²) in [5.74, 6) is 1.40. The fraction of sp³-hybridized carbons (Fsp3) is 0.455. The number of anilines is 1. The zero-order valence-electron chi connectivity index (χ0n) is 25.1. The summed E-state index contributed by atoms with van der Waals surface area (Å²) < 4.78 is 13.5. The zero-order chi connectivity index (χ0) is 29.2. The highest BCUT2D eigenvalue weighted by molar-refractivity contribution is 6.00. The third-order valence-electron chi connectivity index (χ3n) is 7.45. The number of para-hydroxylation sites is 2. The first-order valence-electron chi connectivity index (χ1n) is 14.0. The van der Waals surface area contributed by atoms with Crippen LogP contribution in [-0.4, -0.2) is 48.1 Å². The Bertz CT molecular complexity index is 1350. The van der Waals surface area contributed by atoms with Gasteiger partial charge in [-0.1, -0.05) is 39.8 Å². The van der Waals surface area contributed by atoms with Gasteiger partial charge in [-0.15, -0.1) is 0 Å². The SMILES string of the molecule is COc1ccc(OC)c(C2c3cccn3-c3ccccc3N2C(=O)CN(C(=O)CC(C)CC(C)(C)C)C(C)C)c1. The van der Waals surface area contributed by atoms with Gasteiger partial charge in [0.05, 0.1) is 31.3 Å². The second kappa shape index (κ2) is 11.8. The molecule has 0 saturated carbocycles. The van der Waals surface area contributed by atoms with Crippen LogP contribution in [0.15, 0.2) is 60.8 Å². The Morgan fingerprint density at radius 2 is 1.65 bits per heavy atom. The average Bonchev–Trinajstić information content (AvgIpc) is 3.39. The highest BCUT2D eigenvalue weighted by Gasteiger charge is 2.39. The molecular weight excluding hydrogens is 502 g/mol. The van der Waals surface area contributed by atoms with Crippen molar-refractivity contribution in [2.45, 2.75) is 66.5 Å². The van der Waals surface area contributed by atoms with Gasteiger partial charge in [-0.05, 0) is 74.1 Å². The zero-order valence-corrected chi connectivity index (χ0v) is 25.1. The maximum Gasteiger partial charge on any atom is 0.247 e. The molecule has 2 heterocycles. The molecule has 7 nitrogen and oxygen atoms in total. The molecule has 0 aliphatic carbocycles. The second-order valence-corrected chi connectivity index (χ2v) is 12.3. The molecule has 1 aromatic heterocycles. The van der Waals surface area contributed by atoms with Gasteiger partial charge in [-0.25, -0.2) is 0 Å². The molecule has 0 bridgehead atoms. The summed E-state index contributed by atoms with van der Waals surface area (Å²) in [6.45, 7) is 12.6. The summed E-state index contributed by atoms with van der Waals surface area (Å²) in [5.41, 5.74) is 3.57. The van der Waals surface area contributed by atoms with E-state index in [4.69, 9.17) is 9.47 Å². The number of ether oxygens (including phenoxy) is 2. The molecule has 2 atom stereocenters. The van der Waals surface area contributed by atoms with E-state index in [9.17, 15) is 9.59 Å². The van der Waals surface area contributed by atoms with E-state index in [0.717, 1.165) is 29.1 Å². The molecule has 0 fully saturated rings. The van der Waals surface area contributed by atoms with Crippen molar-refractivity contribution in [3.63, 3.8) is 0 Å². The van der Waals surface area contributed by atoms with Crippen molar-refractivity contribution in [1.29, 1.82) is 0 Å². The topological polar surface area (TPSA) is 64.0 Å². The number of amides is 2. The molecule has 3 aromatic rings. The van der Waals surface area contributed by atoms with Gasteiger partial charge < -0.3 is 18.9 Å². The van der Waals surface area contributed by atoms with Gasteiger partial charge in [0.2, 0.25) is 11.8 Å². The molecule has 2 unspecified atom stereocenters. The van der Waals surface area contributed by atoms with E-state index in [1.54, 1.807) is 19.1 Å². The Labute approximate surface area is 238 Å². The first kappa shape index (κ1) is 29.2. The Kier molecular flexibility index (Phi) is 8.62. The lowest BCUT2D eigenvalue weighted by Crippen LogP contribution is -2.49. The van der Waals surface area contributed by atoms with E-state index < -0.39 is 6.04 Å². The summed E-state index contributed by atoms with van der Waals surface area (Å²) in [6, 6.07) is 16.9. The second-order valence-electron chi connectivity index (χ2n) is 12.3. The highest BCUT2D eigenvalue weighted by Crippen LogP contribution is 2.45. The van der Waals surface area contributed by atoms with Crippen LogP contribution in [0.1, 0.15) is 71.7 Å². The van der Waals surface area contributed by atoms with Crippen LogP contribution in [0.5, 0.6) is 11.5 Å². The van der Waals surface area contributed by atoms with E-state index in [1.165, 1.54) is 0 Å². The first-order chi connectivity index (χ1) is 18.9. The summed E-state index contributed by atoms with van der Waals surface area (Å²) >= 11 is 0. The number of nitrogens with zero attached hydrogens (tertiary/aromatic N) is 3. The van der Waals surface area contributed by atoms with Gasteiger partial charge in [0.25, 0.3) is 0 Å². The molecule has 214 valence electrons. The molecule has 0 saturated heterocycles. The smallest absolute Gasteiger partial charge is 0.247 e. The lowest BCUT2D eigenvalue weighted by Gasteiger charge is -2.40. The standard InChI is InChI=1S/C33H43N3O4/c1-22(2)35(30(37)18-23(3)20-33(4,5)6)21-31(38)36-27-13-10-9-12-26(27)34-17-11-14-28(34)32(36)25-19-24(39-7)15-16-29(25)40-8/h9-17,19,22-23,32H,18,20-21H2,1-8H3. The molecular formula is C33H43N3O4. The van der Waals surface area contributed by atoms with Crippen molar-refractivity contribution < 1.29 is 19.1 Å². The van der Waals surface area contributed by atoms with Gasteiger partial charge >= 0.3 is 0 Å². The van der Waals surface area contributed by atoms with Crippen LogP contribution in [0.2, 0.25) is 0 Å². The van der Waals surface area contributed by atoms with Crippen LogP contribution in [0, 0.1) is 11.3 Å². The van der Waals surface area contributed by atoms with Gasteiger partial charge in [0.1, 0.15) is 24.1 Å². The molecule has 7 heteroatoms. The van der Waals surface area contributed by atoms with Crippen LogP contribution >= 0.6 is 0 Å². The van der Waals surface area contributed by atoms with E-state index in [-0.39, 0.29) is 35.7 Å². The Balaban J connectivity index is 1.76. The Hall–Kier alpha value is -3.74. The normalized spacial score (nSPS) is 15.3. The number of hydrogen-bond acceptors (Lipinski definition) is 4. The van der Waals surface area contributed by atoms with Crippen LogP contribution in [0.3, 0.4) is 0 Å². The van der Waals surface area contributed by atoms with Crippen molar-refractivity contribution in [2.75, 3.05) is 25.7 Å². The fourth-order valence-electron chi connectivity index (χ4n) is 5.92. The van der Waals surface area contributed by atoms with Crippen molar-refractivity contribution in [3.05, 3.63) is 72.1 Å². The number of aromatic nitrogens is 1. The molecule has 40 heavy (non-hydrogen) atoms. The van der Waals surface area contributed by atoms with Crippen molar-refractivity contribution >= 4 is 17.5 Å². The largest absolute Gasteiger partial charge is 0.497 e. The number of rotatable bonds is 9. The minimum Gasteiger partial charge on any atom is -0.497 e. The fourth-order valence-corrected chi connectivity index (χ4v) is 5.92. The Morgan fingerprint density at radius 1 is 0.950 bits per heavy atom. The molecule has 2 amide bonds. The summed E-state index contributed by atoms with van der Waals surface area (Å²) in [4.78, 5) is 31.5.